The number of phenols is 1. The van der Waals surface area contributed by atoms with Crippen LogP contribution < -0.4 is 0 Å². The number of hydrogen-bond acceptors (Lipinski definition) is 7. The summed E-state index contributed by atoms with van der Waals surface area (Å²) in [6, 6.07) is 6.56. The van der Waals surface area contributed by atoms with Gasteiger partial charge in [0, 0.05) is 28.7 Å². The average Bonchev–Trinajstić information content (AvgIpc) is 2.80. The first-order chi connectivity index (χ1) is 14.8. The number of hydrogen-bond donors (Lipinski definition) is 1. The summed E-state index contributed by atoms with van der Waals surface area (Å²) in [5.41, 5.74) is -0.361. The highest BCUT2D eigenvalue weighted by Gasteiger charge is 2.60. The maximum Gasteiger partial charge on any atom is 0.390 e. The van der Waals surface area contributed by atoms with Crippen molar-refractivity contribution < 1.29 is 24.4 Å². The number of fused-ring (bicyclic) bond motifs is 3. The van der Waals surface area contributed by atoms with Gasteiger partial charge in [-0.25, -0.2) is 9.78 Å². The number of nitrogens with zero attached hydrogens (tertiary/aromatic N) is 2. The highest BCUT2D eigenvalue weighted by atomic mass is 16.6. The van der Waals surface area contributed by atoms with Crippen LogP contribution in [0, 0.1) is 16.0 Å². The minimum atomic E-state index is -2.18. The second kappa shape index (κ2) is 7.76. The van der Waals surface area contributed by atoms with Gasteiger partial charge in [0.15, 0.2) is 5.78 Å². The molecule has 0 radical (unpaired) electrons. The SMILES string of the molecule is CCC1CCC(=O)C2=C(c3nc4ccc(O)cc4cc3C1)[C@](CC)([N+](=O)[O-])C(=O)OC2. The molecule has 1 aliphatic carbocycles. The van der Waals surface area contributed by atoms with E-state index in [1.165, 1.54) is 6.07 Å². The van der Waals surface area contributed by atoms with E-state index in [9.17, 15) is 24.8 Å². The fourth-order valence-electron chi connectivity index (χ4n) is 4.68. The predicted octanol–water partition coefficient (Wildman–Crippen LogP) is 3.61. The van der Waals surface area contributed by atoms with Crippen LogP contribution in [-0.2, 0) is 20.7 Å². The number of Topliss-reactive ketones (excluding diaryl/α,β-unsaturated/α-hetero) is 1. The molecule has 162 valence electrons. The molecule has 0 saturated carbocycles. The van der Waals surface area contributed by atoms with E-state index in [2.05, 4.69) is 0 Å². The largest absolute Gasteiger partial charge is 0.508 e. The third-order valence-corrected chi connectivity index (χ3v) is 6.54. The Morgan fingerprint density at radius 3 is 2.74 bits per heavy atom. The summed E-state index contributed by atoms with van der Waals surface area (Å²) in [4.78, 5) is 42.3. The topological polar surface area (TPSA) is 120 Å². The number of carbonyl (C=O) groups is 2. The third kappa shape index (κ3) is 3.26. The Hall–Kier alpha value is -3.29. The summed E-state index contributed by atoms with van der Waals surface area (Å²) in [5.74, 6) is -0.921. The smallest absolute Gasteiger partial charge is 0.390 e. The number of aromatic hydroxyl groups is 1. The van der Waals surface area contributed by atoms with Gasteiger partial charge in [-0.2, -0.15) is 0 Å². The van der Waals surface area contributed by atoms with Gasteiger partial charge in [-0.1, -0.05) is 20.3 Å². The third-order valence-electron chi connectivity index (χ3n) is 6.54. The van der Waals surface area contributed by atoms with E-state index >= 15 is 0 Å². The number of esters is 1. The molecule has 0 bridgehead atoms. The van der Waals surface area contributed by atoms with E-state index in [4.69, 9.17) is 9.72 Å². The van der Waals surface area contributed by atoms with E-state index in [0.29, 0.717) is 29.4 Å². The molecule has 1 aromatic carbocycles. The summed E-state index contributed by atoms with van der Waals surface area (Å²) >= 11 is 0. The first-order valence-corrected chi connectivity index (χ1v) is 10.5. The van der Waals surface area contributed by atoms with Crippen molar-refractivity contribution in [2.45, 2.75) is 51.5 Å². The van der Waals surface area contributed by atoms with Crippen molar-refractivity contribution in [3.8, 4) is 5.75 Å². The Labute approximate surface area is 179 Å². The zero-order chi connectivity index (χ0) is 22.3. The van der Waals surface area contributed by atoms with Crippen molar-refractivity contribution in [1.82, 2.24) is 4.98 Å². The summed E-state index contributed by atoms with van der Waals surface area (Å²) in [5, 5.41) is 22.9. The Kier molecular flexibility index (Phi) is 5.24. The lowest BCUT2D eigenvalue weighted by Crippen LogP contribution is -2.52. The van der Waals surface area contributed by atoms with Gasteiger partial charge >= 0.3 is 11.5 Å². The van der Waals surface area contributed by atoms with Crippen LogP contribution in [0.25, 0.3) is 16.5 Å². The molecule has 8 nitrogen and oxygen atoms in total. The number of nitro groups is 1. The number of phenolic OH excluding ortho intramolecular Hbond substituents is 1. The Morgan fingerprint density at radius 1 is 1.29 bits per heavy atom. The molecule has 2 atom stereocenters. The zero-order valence-corrected chi connectivity index (χ0v) is 17.5. The molecule has 2 aromatic rings. The Morgan fingerprint density at radius 2 is 2.06 bits per heavy atom. The zero-order valence-electron chi connectivity index (χ0n) is 17.5. The van der Waals surface area contributed by atoms with Crippen LogP contribution >= 0.6 is 0 Å². The normalized spacial score (nSPS) is 24.0. The number of carbonyl (C=O) groups excluding carboxylic acids is 2. The number of ether oxygens (including phenoxy) is 1. The molecule has 2 aliphatic rings. The average molecular weight is 424 g/mol. The van der Waals surface area contributed by atoms with Crippen molar-refractivity contribution in [3.05, 3.63) is 51.2 Å². The molecule has 0 fully saturated rings. The second-order valence-electron chi connectivity index (χ2n) is 8.21. The minimum Gasteiger partial charge on any atom is -0.508 e. The molecule has 2 heterocycles. The van der Waals surface area contributed by atoms with Crippen LogP contribution in [0.2, 0.25) is 0 Å². The van der Waals surface area contributed by atoms with Gasteiger partial charge < -0.3 is 9.84 Å². The van der Waals surface area contributed by atoms with Crippen LogP contribution in [0.15, 0.2) is 29.8 Å². The van der Waals surface area contributed by atoms with Gasteiger partial charge in [-0.15, -0.1) is 0 Å². The van der Waals surface area contributed by atoms with E-state index < -0.39 is 16.4 Å². The Bertz CT molecular complexity index is 1140. The van der Waals surface area contributed by atoms with E-state index in [0.717, 1.165) is 12.0 Å². The summed E-state index contributed by atoms with van der Waals surface area (Å²) in [6.07, 6.45) is 2.12. The lowest BCUT2D eigenvalue weighted by Gasteiger charge is -2.31. The standard InChI is InChI=1S/C23H24N2O6/c1-3-13-5-8-19(27)17-12-31-22(28)23(4-2,25(29)30)20(17)21-15(9-13)10-14-11-16(26)6-7-18(14)24-21/h6-7,10-11,13,26H,3-5,8-9,12H2,1-2H3/t13?,23-/m0/s1. The number of pyridine rings is 1. The van der Waals surface area contributed by atoms with Gasteiger partial charge in [0.05, 0.1) is 16.8 Å². The van der Waals surface area contributed by atoms with Gasteiger partial charge in [0.1, 0.15) is 12.4 Å². The number of cyclic esters (lactones) is 1. The van der Waals surface area contributed by atoms with E-state index in [1.807, 2.05) is 13.0 Å². The van der Waals surface area contributed by atoms with Crippen molar-refractivity contribution in [1.29, 1.82) is 0 Å². The van der Waals surface area contributed by atoms with E-state index in [1.54, 1.807) is 19.1 Å². The number of benzene rings is 1. The van der Waals surface area contributed by atoms with Gasteiger partial charge in [-0.3, -0.25) is 14.9 Å². The molecule has 0 spiro atoms. The minimum absolute atomic E-state index is 0.0722. The molecule has 1 unspecified atom stereocenters. The lowest BCUT2D eigenvalue weighted by molar-refractivity contribution is -0.538. The second-order valence-corrected chi connectivity index (χ2v) is 8.21. The van der Waals surface area contributed by atoms with Crippen molar-refractivity contribution in [2.75, 3.05) is 6.61 Å². The predicted molar refractivity (Wildman–Crippen MR) is 113 cm³/mol. The highest BCUT2D eigenvalue weighted by Crippen LogP contribution is 2.43. The van der Waals surface area contributed by atoms with Crippen molar-refractivity contribution >= 4 is 28.2 Å². The van der Waals surface area contributed by atoms with Crippen LogP contribution in [0.4, 0.5) is 0 Å². The maximum absolute atomic E-state index is 13.1. The number of ketones is 1. The van der Waals surface area contributed by atoms with Gasteiger partial charge in [0.25, 0.3) is 0 Å². The summed E-state index contributed by atoms with van der Waals surface area (Å²) in [7, 11) is 0. The number of rotatable bonds is 3. The fourth-order valence-corrected chi connectivity index (χ4v) is 4.68. The van der Waals surface area contributed by atoms with Crippen molar-refractivity contribution in [3.63, 3.8) is 0 Å². The monoisotopic (exact) mass is 424 g/mol. The molecular weight excluding hydrogens is 400 g/mol. The molecule has 0 saturated heterocycles. The summed E-state index contributed by atoms with van der Waals surface area (Å²) < 4.78 is 5.17. The molecule has 8 heteroatoms. The first kappa shape index (κ1) is 21.0. The highest BCUT2D eigenvalue weighted by molar-refractivity contribution is 6.11. The van der Waals surface area contributed by atoms with Gasteiger partial charge in [-0.05, 0) is 48.6 Å². The van der Waals surface area contributed by atoms with Crippen LogP contribution in [0.5, 0.6) is 5.75 Å². The van der Waals surface area contributed by atoms with Gasteiger partial charge in [0.2, 0.25) is 0 Å². The lowest BCUT2D eigenvalue weighted by atomic mass is 9.78. The molecular formula is C23H24N2O6. The van der Waals surface area contributed by atoms with Crippen LogP contribution in [-0.4, -0.2) is 38.9 Å². The van der Waals surface area contributed by atoms with Crippen molar-refractivity contribution in [2.24, 2.45) is 5.92 Å². The van der Waals surface area contributed by atoms with Crippen LogP contribution in [0.3, 0.4) is 0 Å². The quantitative estimate of drug-likeness (QED) is 0.454. The molecule has 31 heavy (non-hydrogen) atoms. The summed E-state index contributed by atoms with van der Waals surface area (Å²) in [6.45, 7) is 3.30. The molecule has 1 aliphatic heterocycles. The molecule has 1 N–H and O–H groups in total. The first-order valence-electron chi connectivity index (χ1n) is 10.5. The molecule has 1 aromatic heterocycles. The van der Waals surface area contributed by atoms with Crippen LogP contribution in [0.1, 0.15) is 50.8 Å². The number of aromatic nitrogens is 1. The molecule has 0 amide bonds. The molecule has 4 rings (SSSR count). The fraction of sp³-hybridized carbons (Fsp3) is 0.435. The van der Waals surface area contributed by atoms with E-state index in [-0.39, 0.29) is 48.0 Å². The Balaban J connectivity index is 2.11. The maximum atomic E-state index is 13.1.